The van der Waals surface area contributed by atoms with E-state index in [4.69, 9.17) is 0 Å². The summed E-state index contributed by atoms with van der Waals surface area (Å²) in [5, 5.41) is 8.71. The lowest BCUT2D eigenvalue weighted by Crippen LogP contribution is -2.30. The van der Waals surface area contributed by atoms with E-state index < -0.39 is 35.7 Å². The first-order chi connectivity index (χ1) is 11.5. The van der Waals surface area contributed by atoms with E-state index in [0.29, 0.717) is 38.5 Å². The minimum Gasteiger partial charge on any atom is -0.393 e. The summed E-state index contributed by atoms with van der Waals surface area (Å²) in [4.78, 5) is 46.4. The normalized spacial score (nSPS) is 42.0. The zero-order valence-electron chi connectivity index (χ0n) is 13.1. The van der Waals surface area contributed by atoms with Gasteiger partial charge in [-0.1, -0.05) is 0 Å². The van der Waals surface area contributed by atoms with Crippen molar-refractivity contribution >= 4 is 23.9 Å². The van der Waals surface area contributed by atoms with Crippen molar-refractivity contribution in [3.63, 3.8) is 0 Å². The molecule has 2 heterocycles. The molecule has 2 aliphatic heterocycles. The molecule has 2 saturated carbocycles. The fourth-order valence-electron chi connectivity index (χ4n) is 4.28. The second-order valence-corrected chi connectivity index (χ2v) is 7.07. The number of rotatable bonds is 2. The summed E-state index contributed by atoms with van der Waals surface area (Å²) in [5.74, 6) is -3.15. The van der Waals surface area contributed by atoms with Gasteiger partial charge in [0.2, 0.25) is 0 Å². The maximum Gasteiger partial charge on any atom is 0.317 e. The summed E-state index contributed by atoms with van der Waals surface area (Å²) in [5.41, 5.74) is 0. The molecule has 0 N–H and O–H groups in total. The van der Waals surface area contributed by atoms with Gasteiger partial charge in [-0.15, -0.1) is 0 Å². The number of fused-ring (bicyclic) bond motifs is 2. The van der Waals surface area contributed by atoms with Gasteiger partial charge in [-0.25, -0.2) is 0 Å². The lowest BCUT2D eigenvalue weighted by Gasteiger charge is -2.26. The molecule has 8 nitrogen and oxygen atoms in total. The molecule has 6 atom stereocenters. The van der Waals surface area contributed by atoms with Crippen molar-refractivity contribution in [1.29, 1.82) is 0 Å². The van der Waals surface area contributed by atoms with Crippen LogP contribution >= 0.6 is 0 Å². The van der Waals surface area contributed by atoms with Crippen molar-refractivity contribution in [2.45, 2.75) is 50.6 Å². The number of azo groups is 1. The van der Waals surface area contributed by atoms with E-state index in [1.807, 2.05) is 0 Å². The van der Waals surface area contributed by atoms with Gasteiger partial charge in [0.25, 0.3) is 0 Å². The summed E-state index contributed by atoms with van der Waals surface area (Å²) >= 11 is 0. The molecule has 24 heavy (non-hydrogen) atoms. The molecule has 0 aromatic rings. The number of cyclic esters (lactones) is 4. The fourth-order valence-corrected chi connectivity index (χ4v) is 4.28. The molecular formula is C16H18N2O6. The van der Waals surface area contributed by atoms with Gasteiger partial charge in [0, 0.05) is 0 Å². The maximum absolute atomic E-state index is 11.7. The molecule has 0 bridgehead atoms. The highest BCUT2D eigenvalue weighted by molar-refractivity contribution is 5.97. The molecular weight excluding hydrogens is 316 g/mol. The number of ether oxygens (including phenoxy) is 2. The van der Waals surface area contributed by atoms with Gasteiger partial charge in [0.1, 0.15) is 0 Å². The number of hydrogen-bond donors (Lipinski definition) is 0. The zero-order chi connectivity index (χ0) is 16.8. The highest BCUT2D eigenvalue weighted by Crippen LogP contribution is 2.40. The predicted octanol–water partition coefficient (Wildman–Crippen LogP) is 1.18. The van der Waals surface area contributed by atoms with E-state index in [0.717, 1.165) is 0 Å². The zero-order valence-corrected chi connectivity index (χ0v) is 13.1. The van der Waals surface area contributed by atoms with E-state index in [1.54, 1.807) is 0 Å². The molecule has 4 aliphatic rings. The standard InChI is InChI=1S/C16H18N2O6/c19-13-9-3-1-7(5-11(9)15(21)23-13)17-18-8-2-4-10-12(6-8)16(22)24-14(10)20/h7-12H,1-6H2. The van der Waals surface area contributed by atoms with Crippen molar-refractivity contribution < 1.29 is 28.7 Å². The number of hydrogen-bond acceptors (Lipinski definition) is 8. The van der Waals surface area contributed by atoms with Crippen LogP contribution in [-0.4, -0.2) is 36.0 Å². The van der Waals surface area contributed by atoms with Gasteiger partial charge in [0.05, 0.1) is 35.8 Å². The third kappa shape index (κ3) is 2.53. The molecule has 2 saturated heterocycles. The van der Waals surface area contributed by atoms with Crippen LogP contribution in [0.25, 0.3) is 0 Å². The minimum absolute atomic E-state index is 0.0976. The van der Waals surface area contributed by atoms with Crippen molar-refractivity contribution in [1.82, 2.24) is 0 Å². The molecule has 0 amide bonds. The fraction of sp³-hybridized carbons (Fsp3) is 0.750. The van der Waals surface area contributed by atoms with Crippen LogP contribution in [0.4, 0.5) is 0 Å². The van der Waals surface area contributed by atoms with Crippen LogP contribution in [0, 0.1) is 23.7 Å². The molecule has 0 spiro atoms. The van der Waals surface area contributed by atoms with Crippen LogP contribution in [0.2, 0.25) is 0 Å². The first kappa shape index (κ1) is 15.4. The van der Waals surface area contributed by atoms with Gasteiger partial charge in [-0.3, -0.25) is 19.2 Å². The van der Waals surface area contributed by atoms with Gasteiger partial charge >= 0.3 is 23.9 Å². The van der Waals surface area contributed by atoms with E-state index in [2.05, 4.69) is 19.7 Å². The highest BCUT2D eigenvalue weighted by atomic mass is 16.6. The first-order valence-corrected chi connectivity index (χ1v) is 8.44. The lowest BCUT2D eigenvalue weighted by atomic mass is 9.78. The Hall–Kier alpha value is -2.12. The van der Waals surface area contributed by atoms with E-state index in [9.17, 15) is 19.2 Å². The average molecular weight is 334 g/mol. The lowest BCUT2D eigenvalue weighted by molar-refractivity contribution is -0.155. The summed E-state index contributed by atoms with van der Waals surface area (Å²) < 4.78 is 9.37. The number of carbonyl (C=O) groups is 4. The second kappa shape index (κ2) is 5.75. The molecule has 6 unspecified atom stereocenters. The van der Waals surface area contributed by atoms with Crippen molar-refractivity contribution in [2.24, 2.45) is 33.9 Å². The van der Waals surface area contributed by atoms with Crippen LogP contribution in [0.5, 0.6) is 0 Å². The first-order valence-electron chi connectivity index (χ1n) is 8.44. The number of nitrogens with zero attached hydrogens (tertiary/aromatic N) is 2. The quantitative estimate of drug-likeness (QED) is 0.426. The van der Waals surface area contributed by atoms with Crippen LogP contribution in [-0.2, 0) is 28.7 Å². The SMILES string of the molecule is O=C1OC(=O)C2CC(N=NC3CCC4C(=O)OC(=O)C4C3)CCC12. The van der Waals surface area contributed by atoms with Gasteiger partial charge < -0.3 is 9.47 Å². The topological polar surface area (TPSA) is 111 Å². The minimum atomic E-state index is -0.447. The van der Waals surface area contributed by atoms with Crippen LogP contribution in [0.3, 0.4) is 0 Å². The van der Waals surface area contributed by atoms with Crippen molar-refractivity contribution in [2.75, 3.05) is 0 Å². The maximum atomic E-state index is 11.7. The largest absolute Gasteiger partial charge is 0.393 e. The monoisotopic (exact) mass is 334 g/mol. The van der Waals surface area contributed by atoms with E-state index in [-0.39, 0.29) is 23.9 Å². The van der Waals surface area contributed by atoms with Crippen LogP contribution in [0.1, 0.15) is 38.5 Å². The van der Waals surface area contributed by atoms with Crippen LogP contribution in [0.15, 0.2) is 10.2 Å². The van der Waals surface area contributed by atoms with Gasteiger partial charge in [-0.2, -0.15) is 10.2 Å². The summed E-state index contributed by atoms with van der Waals surface area (Å²) in [6.45, 7) is 0. The Morgan fingerprint density at radius 3 is 1.38 bits per heavy atom. The van der Waals surface area contributed by atoms with E-state index in [1.165, 1.54) is 0 Å². The smallest absolute Gasteiger partial charge is 0.317 e. The van der Waals surface area contributed by atoms with E-state index >= 15 is 0 Å². The second-order valence-electron chi connectivity index (χ2n) is 7.07. The molecule has 0 aromatic heterocycles. The Balaban J connectivity index is 1.36. The predicted molar refractivity (Wildman–Crippen MR) is 76.3 cm³/mol. The highest BCUT2D eigenvalue weighted by Gasteiger charge is 2.49. The Bertz CT molecular complexity index is 590. The molecule has 128 valence electrons. The third-order valence-electron chi connectivity index (χ3n) is 5.65. The van der Waals surface area contributed by atoms with Gasteiger partial charge in [-0.05, 0) is 38.5 Å². The Morgan fingerprint density at radius 2 is 0.958 bits per heavy atom. The van der Waals surface area contributed by atoms with Crippen LogP contribution < -0.4 is 0 Å². The van der Waals surface area contributed by atoms with Crippen molar-refractivity contribution in [3.8, 4) is 0 Å². The molecule has 4 rings (SSSR count). The van der Waals surface area contributed by atoms with Crippen molar-refractivity contribution in [3.05, 3.63) is 0 Å². The third-order valence-corrected chi connectivity index (χ3v) is 5.65. The summed E-state index contributed by atoms with van der Waals surface area (Å²) in [7, 11) is 0. The average Bonchev–Trinajstić information content (AvgIpc) is 3.02. The molecule has 0 aromatic carbocycles. The molecule has 2 aliphatic carbocycles. The van der Waals surface area contributed by atoms with Gasteiger partial charge in [0.15, 0.2) is 0 Å². The Labute approximate surface area is 138 Å². The number of carbonyl (C=O) groups excluding carboxylic acids is 4. The Morgan fingerprint density at radius 1 is 0.583 bits per heavy atom. The Kier molecular flexibility index (Phi) is 3.69. The molecule has 8 heteroatoms. The summed E-state index contributed by atoms with van der Waals surface area (Å²) in [6, 6.07) is -0.195. The number of esters is 4. The summed E-state index contributed by atoms with van der Waals surface area (Å²) in [6.07, 6.45) is 3.55. The molecule has 0 radical (unpaired) electrons. The molecule has 4 fully saturated rings.